The fourth-order valence-electron chi connectivity index (χ4n) is 2.86. The number of benzene rings is 3. The highest BCUT2D eigenvalue weighted by Gasteiger charge is 2.06. The number of rotatable bonds is 9. The Morgan fingerprint density at radius 1 is 0.793 bits per heavy atom. The first-order chi connectivity index (χ1) is 14.1. The van der Waals surface area contributed by atoms with Gasteiger partial charge >= 0.3 is 5.97 Å². The lowest BCUT2D eigenvalue weighted by atomic mass is 10.1. The molecule has 148 valence electrons. The van der Waals surface area contributed by atoms with Gasteiger partial charge in [-0.1, -0.05) is 54.6 Å². The summed E-state index contributed by atoms with van der Waals surface area (Å²) in [7, 11) is 0. The van der Waals surface area contributed by atoms with Crippen molar-refractivity contribution in [3.8, 4) is 5.75 Å². The fraction of sp³-hybridized carbons (Fsp3) is 0.167. The van der Waals surface area contributed by atoms with Crippen LogP contribution in [0.5, 0.6) is 5.75 Å². The number of carbonyl (C=O) groups excluding carboxylic acids is 1. The van der Waals surface area contributed by atoms with Crippen LogP contribution in [0.25, 0.3) is 0 Å². The standard InChI is InChI=1S/C24H23NO4/c26-23(27)16-19-6-8-20(9-7-19)17-29-22-12-10-21(11-13-22)24(28)25-15-14-18-4-2-1-3-5-18/h1-13H,14-17H2,(H,25,28)(H,26,27). The van der Waals surface area contributed by atoms with E-state index in [0.29, 0.717) is 24.5 Å². The van der Waals surface area contributed by atoms with Gasteiger partial charge in [0.05, 0.1) is 6.42 Å². The minimum Gasteiger partial charge on any atom is -0.489 e. The predicted octanol–water partition coefficient (Wildman–Crippen LogP) is 3.87. The second-order valence-electron chi connectivity index (χ2n) is 6.69. The highest BCUT2D eigenvalue weighted by molar-refractivity contribution is 5.94. The van der Waals surface area contributed by atoms with E-state index in [1.165, 1.54) is 5.56 Å². The molecule has 1 amide bonds. The molecule has 2 N–H and O–H groups in total. The number of aliphatic carboxylic acids is 1. The maximum Gasteiger partial charge on any atom is 0.307 e. The number of hydrogen-bond acceptors (Lipinski definition) is 3. The van der Waals surface area contributed by atoms with Crippen molar-refractivity contribution in [2.24, 2.45) is 0 Å². The smallest absolute Gasteiger partial charge is 0.307 e. The van der Waals surface area contributed by atoms with Gasteiger partial charge in [0.2, 0.25) is 0 Å². The van der Waals surface area contributed by atoms with E-state index in [2.05, 4.69) is 5.32 Å². The van der Waals surface area contributed by atoms with E-state index in [-0.39, 0.29) is 12.3 Å². The zero-order valence-electron chi connectivity index (χ0n) is 16.0. The molecule has 3 aromatic rings. The Labute approximate surface area is 170 Å². The molecule has 0 saturated carbocycles. The number of carboxylic acids is 1. The normalized spacial score (nSPS) is 10.3. The molecule has 29 heavy (non-hydrogen) atoms. The van der Waals surface area contributed by atoms with E-state index in [1.807, 2.05) is 42.5 Å². The first-order valence-electron chi connectivity index (χ1n) is 9.45. The summed E-state index contributed by atoms with van der Waals surface area (Å²) < 4.78 is 5.74. The summed E-state index contributed by atoms with van der Waals surface area (Å²) in [6.07, 6.45) is 0.801. The minimum absolute atomic E-state index is 0.00993. The summed E-state index contributed by atoms with van der Waals surface area (Å²) in [6, 6.07) is 24.3. The van der Waals surface area contributed by atoms with Crippen LogP contribution in [0.4, 0.5) is 0 Å². The number of ether oxygens (including phenoxy) is 1. The quantitative estimate of drug-likeness (QED) is 0.583. The van der Waals surface area contributed by atoms with Crippen LogP contribution in [0.15, 0.2) is 78.9 Å². The van der Waals surface area contributed by atoms with Crippen molar-refractivity contribution in [3.05, 3.63) is 101 Å². The molecular formula is C24H23NO4. The Morgan fingerprint density at radius 3 is 2.10 bits per heavy atom. The molecule has 0 bridgehead atoms. The van der Waals surface area contributed by atoms with E-state index in [0.717, 1.165) is 17.5 Å². The Hall–Kier alpha value is -3.60. The maximum absolute atomic E-state index is 12.2. The number of hydrogen-bond donors (Lipinski definition) is 2. The summed E-state index contributed by atoms with van der Waals surface area (Å²) in [4.78, 5) is 22.9. The van der Waals surface area contributed by atoms with Crippen molar-refractivity contribution in [3.63, 3.8) is 0 Å². The lowest BCUT2D eigenvalue weighted by Crippen LogP contribution is -2.25. The van der Waals surface area contributed by atoms with Crippen molar-refractivity contribution in [1.82, 2.24) is 5.32 Å². The van der Waals surface area contributed by atoms with Crippen LogP contribution < -0.4 is 10.1 Å². The maximum atomic E-state index is 12.2. The van der Waals surface area contributed by atoms with Crippen LogP contribution in [0, 0.1) is 0 Å². The summed E-state index contributed by atoms with van der Waals surface area (Å²) in [5.41, 5.74) is 3.47. The zero-order chi connectivity index (χ0) is 20.5. The fourth-order valence-corrected chi connectivity index (χ4v) is 2.86. The van der Waals surface area contributed by atoms with Gasteiger partial charge in [0.15, 0.2) is 0 Å². The van der Waals surface area contributed by atoms with Crippen molar-refractivity contribution in [2.75, 3.05) is 6.54 Å². The number of carboxylic acid groups (broad SMARTS) is 1. The molecule has 0 unspecified atom stereocenters. The average Bonchev–Trinajstić information content (AvgIpc) is 2.74. The van der Waals surface area contributed by atoms with E-state index in [1.54, 1.807) is 36.4 Å². The first-order valence-corrected chi connectivity index (χ1v) is 9.45. The molecule has 0 fully saturated rings. The van der Waals surface area contributed by atoms with Crippen LogP contribution in [0.1, 0.15) is 27.0 Å². The van der Waals surface area contributed by atoms with Crippen LogP contribution in [0.3, 0.4) is 0 Å². The van der Waals surface area contributed by atoms with Gasteiger partial charge in [0, 0.05) is 12.1 Å². The average molecular weight is 389 g/mol. The molecule has 3 rings (SSSR count). The monoisotopic (exact) mass is 389 g/mol. The molecule has 0 atom stereocenters. The van der Waals surface area contributed by atoms with Crippen molar-refractivity contribution in [2.45, 2.75) is 19.4 Å². The largest absolute Gasteiger partial charge is 0.489 e. The second-order valence-corrected chi connectivity index (χ2v) is 6.69. The van der Waals surface area contributed by atoms with Gasteiger partial charge in [0.1, 0.15) is 12.4 Å². The number of nitrogens with one attached hydrogen (secondary N) is 1. The van der Waals surface area contributed by atoms with Crippen LogP contribution in [-0.4, -0.2) is 23.5 Å². The number of carbonyl (C=O) groups is 2. The van der Waals surface area contributed by atoms with Crippen LogP contribution >= 0.6 is 0 Å². The molecule has 0 aliphatic rings. The molecule has 0 radical (unpaired) electrons. The van der Waals surface area contributed by atoms with Gasteiger partial charge < -0.3 is 15.2 Å². The molecule has 5 heteroatoms. The van der Waals surface area contributed by atoms with E-state index >= 15 is 0 Å². The van der Waals surface area contributed by atoms with Gasteiger partial charge in [-0.15, -0.1) is 0 Å². The highest BCUT2D eigenvalue weighted by atomic mass is 16.5. The van der Waals surface area contributed by atoms with Gasteiger partial charge in [-0.05, 0) is 47.4 Å². The summed E-state index contributed by atoms with van der Waals surface area (Å²) in [6.45, 7) is 0.953. The molecule has 0 aliphatic carbocycles. The SMILES string of the molecule is O=C(O)Cc1ccc(COc2ccc(C(=O)NCCc3ccccc3)cc2)cc1. The Kier molecular flexibility index (Phi) is 7.00. The molecule has 0 aromatic heterocycles. The van der Waals surface area contributed by atoms with Crippen molar-refractivity contribution in [1.29, 1.82) is 0 Å². The Balaban J connectivity index is 1.45. The summed E-state index contributed by atoms with van der Waals surface area (Å²) in [5.74, 6) is -0.292. The molecule has 0 heterocycles. The number of amides is 1. The molecule has 3 aromatic carbocycles. The second kappa shape index (κ2) is 10.1. The van der Waals surface area contributed by atoms with Gasteiger partial charge in [-0.2, -0.15) is 0 Å². The predicted molar refractivity (Wildman–Crippen MR) is 111 cm³/mol. The summed E-state index contributed by atoms with van der Waals surface area (Å²) in [5, 5.41) is 11.7. The lowest BCUT2D eigenvalue weighted by Gasteiger charge is -2.09. The molecule has 0 aliphatic heterocycles. The van der Waals surface area contributed by atoms with Gasteiger partial charge in [0.25, 0.3) is 5.91 Å². The van der Waals surface area contributed by atoms with E-state index < -0.39 is 5.97 Å². The highest BCUT2D eigenvalue weighted by Crippen LogP contribution is 2.15. The van der Waals surface area contributed by atoms with Crippen molar-refractivity contribution < 1.29 is 19.4 Å². The van der Waals surface area contributed by atoms with Crippen LogP contribution in [-0.2, 0) is 24.2 Å². The molecular weight excluding hydrogens is 366 g/mol. The molecule has 5 nitrogen and oxygen atoms in total. The van der Waals surface area contributed by atoms with Crippen molar-refractivity contribution >= 4 is 11.9 Å². The minimum atomic E-state index is -0.849. The van der Waals surface area contributed by atoms with Gasteiger partial charge in [-0.3, -0.25) is 9.59 Å². The Bertz CT molecular complexity index is 935. The molecule has 0 saturated heterocycles. The summed E-state index contributed by atoms with van der Waals surface area (Å²) >= 11 is 0. The van der Waals surface area contributed by atoms with Crippen LogP contribution in [0.2, 0.25) is 0 Å². The lowest BCUT2D eigenvalue weighted by molar-refractivity contribution is -0.136. The third-order valence-electron chi connectivity index (χ3n) is 4.44. The first kappa shape index (κ1) is 20.1. The van der Waals surface area contributed by atoms with E-state index in [4.69, 9.17) is 9.84 Å². The molecule has 0 spiro atoms. The Morgan fingerprint density at radius 2 is 1.45 bits per heavy atom. The van der Waals surface area contributed by atoms with Gasteiger partial charge in [-0.25, -0.2) is 0 Å². The third-order valence-corrected chi connectivity index (χ3v) is 4.44. The van der Waals surface area contributed by atoms with E-state index in [9.17, 15) is 9.59 Å². The third kappa shape index (κ3) is 6.50. The zero-order valence-corrected chi connectivity index (χ0v) is 16.0. The topological polar surface area (TPSA) is 75.6 Å².